The van der Waals surface area contributed by atoms with E-state index < -0.39 is 0 Å². The van der Waals surface area contributed by atoms with E-state index >= 15 is 0 Å². The van der Waals surface area contributed by atoms with E-state index in [0.29, 0.717) is 6.04 Å². The fourth-order valence-corrected chi connectivity index (χ4v) is 0.788. The van der Waals surface area contributed by atoms with E-state index in [4.69, 9.17) is 11.0 Å². The van der Waals surface area contributed by atoms with Crippen molar-refractivity contribution in [2.24, 2.45) is 10.7 Å². The Labute approximate surface area is 67.1 Å². The van der Waals surface area contributed by atoms with Crippen molar-refractivity contribution >= 4 is 5.96 Å². The first-order valence-electron chi connectivity index (χ1n) is 3.73. The highest BCUT2D eigenvalue weighted by atomic mass is 15.1. The number of aliphatic imine (C=N–C) groups is 1. The van der Waals surface area contributed by atoms with Gasteiger partial charge >= 0.3 is 0 Å². The Morgan fingerprint density at radius 1 is 1.64 bits per heavy atom. The van der Waals surface area contributed by atoms with Gasteiger partial charge in [0.2, 0.25) is 12.2 Å². The van der Waals surface area contributed by atoms with Crippen LogP contribution in [0.15, 0.2) is 4.99 Å². The number of nitriles is 1. The molecule has 0 aromatic heterocycles. The van der Waals surface area contributed by atoms with Gasteiger partial charge in [0, 0.05) is 6.04 Å². The monoisotopic (exact) mass is 154 g/mol. The SMILES string of the molecule is CCC(CC)N/C(N)=N/C#N. The molecule has 3 N–H and O–H groups in total. The third-order valence-corrected chi connectivity index (χ3v) is 1.51. The molecule has 0 atom stereocenters. The molecule has 0 aromatic carbocycles. The Hall–Kier alpha value is -1.24. The molecule has 0 bridgehead atoms. The highest BCUT2D eigenvalue weighted by molar-refractivity contribution is 5.78. The van der Waals surface area contributed by atoms with Gasteiger partial charge in [-0.1, -0.05) is 13.8 Å². The predicted octanol–water partition coefficient (Wildman–Crippen LogP) is 0.560. The molecule has 0 fully saturated rings. The van der Waals surface area contributed by atoms with Crippen molar-refractivity contribution in [1.82, 2.24) is 5.32 Å². The number of nitrogens with two attached hydrogens (primary N) is 1. The van der Waals surface area contributed by atoms with Crippen molar-refractivity contribution in [3.63, 3.8) is 0 Å². The molecule has 4 nitrogen and oxygen atoms in total. The highest BCUT2D eigenvalue weighted by Crippen LogP contribution is 1.94. The lowest BCUT2D eigenvalue weighted by Crippen LogP contribution is -2.39. The number of guanidine groups is 1. The minimum Gasteiger partial charge on any atom is -0.369 e. The molecule has 62 valence electrons. The van der Waals surface area contributed by atoms with E-state index in [1.807, 2.05) is 0 Å². The lowest BCUT2D eigenvalue weighted by Gasteiger charge is -2.13. The van der Waals surface area contributed by atoms with Crippen LogP contribution in [0.25, 0.3) is 0 Å². The quantitative estimate of drug-likeness (QED) is 0.354. The predicted molar refractivity (Wildman–Crippen MR) is 44.7 cm³/mol. The van der Waals surface area contributed by atoms with E-state index in [-0.39, 0.29) is 5.96 Å². The van der Waals surface area contributed by atoms with Gasteiger partial charge in [-0.3, -0.25) is 0 Å². The topological polar surface area (TPSA) is 74.2 Å². The maximum Gasteiger partial charge on any atom is 0.209 e. The number of nitrogens with zero attached hydrogens (tertiary/aromatic N) is 2. The Balaban J connectivity index is 3.83. The molecule has 0 aromatic rings. The van der Waals surface area contributed by atoms with Gasteiger partial charge in [0.15, 0.2) is 0 Å². The Morgan fingerprint density at radius 3 is 2.55 bits per heavy atom. The summed E-state index contributed by atoms with van der Waals surface area (Å²) in [6.45, 7) is 4.11. The van der Waals surface area contributed by atoms with Crippen LogP contribution >= 0.6 is 0 Å². The van der Waals surface area contributed by atoms with Crippen molar-refractivity contribution in [2.75, 3.05) is 0 Å². The molecule has 0 saturated heterocycles. The molecule has 0 aliphatic carbocycles. The van der Waals surface area contributed by atoms with Gasteiger partial charge in [0.25, 0.3) is 0 Å². The summed E-state index contributed by atoms with van der Waals surface area (Å²) in [5, 5.41) is 11.1. The summed E-state index contributed by atoms with van der Waals surface area (Å²) >= 11 is 0. The number of rotatable bonds is 3. The molecule has 11 heavy (non-hydrogen) atoms. The van der Waals surface area contributed by atoms with E-state index in [0.717, 1.165) is 12.8 Å². The van der Waals surface area contributed by atoms with Crippen molar-refractivity contribution in [3.05, 3.63) is 0 Å². The van der Waals surface area contributed by atoms with E-state index in [2.05, 4.69) is 24.2 Å². The summed E-state index contributed by atoms with van der Waals surface area (Å²) in [5.74, 6) is 0.209. The van der Waals surface area contributed by atoms with Gasteiger partial charge in [0.1, 0.15) is 0 Å². The molecule has 0 aliphatic heterocycles. The summed E-state index contributed by atoms with van der Waals surface area (Å²) in [7, 11) is 0. The summed E-state index contributed by atoms with van der Waals surface area (Å²) in [5.41, 5.74) is 5.35. The van der Waals surface area contributed by atoms with E-state index in [1.54, 1.807) is 6.19 Å². The molecular weight excluding hydrogens is 140 g/mol. The van der Waals surface area contributed by atoms with Gasteiger partial charge in [0.05, 0.1) is 0 Å². The zero-order chi connectivity index (χ0) is 8.69. The van der Waals surface area contributed by atoms with E-state index in [1.165, 1.54) is 0 Å². The summed E-state index contributed by atoms with van der Waals surface area (Å²) in [4.78, 5) is 3.35. The van der Waals surface area contributed by atoms with Crippen LogP contribution in [-0.4, -0.2) is 12.0 Å². The number of nitrogens with one attached hydrogen (secondary N) is 1. The first-order valence-corrected chi connectivity index (χ1v) is 3.73. The molecule has 0 unspecified atom stereocenters. The lowest BCUT2D eigenvalue weighted by molar-refractivity contribution is 0.568. The summed E-state index contributed by atoms with van der Waals surface area (Å²) < 4.78 is 0. The molecule has 0 heterocycles. The summed E-state index contributed by atoms with van der Waals surface area (Å²) in [6, 6.07) is 0.326. The van der Waals surface area contributed by atoms with Crippen LogP contribution in [0.4, 0.5) is 0 Å². The fourth-order valence-electron chi connectivity index (χ4n) is 0.788. The van der Waals surface area contributed by atoms with Crippen LogP contribution in [0.1, 0.15) is 26.7 Å². The van der Waals surface area contributed by atoms with Crippen molar-refractivity contribution < 1.29 is 0 Å². The van der Waals surface area contributed by atoms with Crippen molar-refractivity contribution in [1.29, 1.82) is 5.26 Å². The van der Waals surface area contributed by atoms with E-state index in [9.17, 15) is 0 Å². The molecule has 0 radical (unpaired) electrons. The normalized spacial score (nSPS) is 11.3. The smallest absolute Gasteiger partial charge is 0.209 e. The third-order valence-electron chi connectivity index (χ3n) is 1.51. The first kappa shape index (κ1) is 9.76. The molecule has 0 rings (SSSR count). The molecular formula is C7H14N4. The molecule has 0 saturated carbocycles. The van der Waals surface area contributed by atoms with Gasteiger partial charge < -0.3 is 11.1 Å². The minimum atomic E-state index is 0.209. The first-order chi connectivity index (χ1) is 5.24. The number of hydrogen-bond donors (Lipinski definition) is 2. The molecule has 0 aliphatic rings. The minimum absolute atomic E-state index is 0.209. The van der Waals surface area contributed by atoms with Crippen molar-refractivity contribution in [3.8, 4) is 6.19 Å². The Morgan fingerprint density at radius 2 is 2.18 bits per heavy atom. The van der Waals surface area contributed by atoms with Crippen LogP contribution in [0.5, 0.6) is 0 Å². The van der Waals surface area contributed by atoms with Gasteiger partial charge in [-0.15, -0.1) is 4.99 Å². The van der Waals surface area contributed by atoms with Gasteiger partial charge in [-0.2, -0.15) is 5.26 Å². The van der Waals surface area contributed by atoms with Crippen molar-refractivity contribution in [2.45, 2.75) is 32.7 Å². The van der Waals surface area contributed by atoms with Crippen LogP contribution in [0, 0.1) is 11.5 Å². The summed E-state index contributed by atoms with van der Waals surface area (Å²) in [6.07, 6.45) is 3.59. The maximum absolute atomic E-state index is 8.14. The highest BCUT2D eigenvalue weighted by Gasteiger charge is 2.02. The largest absolute Gasteiger partial charge is 0.369 e. The molecule has 0 spiro atoms. The second-order valence-corrected chi connectivity index (χ2v) is 2.25. The second-order valence-electron chi connectivity index (χ2n) is 2.25. The second kappa shape index (κ2) is 5.54. The van der Waals surface area contributed by atoms with Crippen LogP contribution in [0.3, 0.4) is 0 Å². The zero-order valence-electron chi connectivity index (χ0n) is 6.96. The molecule has 0 amide bonds. The standard InChI is InChI=1S/C7H14N4/c1-3-6(4-2)11-7(9)10-5-8/h6H,3-4H2,1-2H3,(H3,9,10,11). The lowest BCUT2D eigenvalue weighted by atomic mass is 10.2. The maximum atomic E-state index is 8.14. The van der Waals surface area contributed by atoms with Gasteiger partial charge in [-0.25, -0.2) is 0 Å². The van der Waals surface area contributed by atoms with Crippen LogP contribution in [0.2, 0.25) is 0 Å². The average molecular weight is 154 g/mol. The Kier molecular flexibility index (Phi) is 4.91. The number of hydrogen-bond acceptors (Lipinski definition) is 2. The van der Waals surface area contributed by atoms with Crippen LogP contribution < -0.4 is 11.1 Å². The van der Waals surface area contributed by atoms with Gasteiger partial charge in [-0.05, 0) is 12.8 Å². The average Bonchev–Trinajstić information content (AvgIpc) is 2.01. The Bertz CT molecular complexity index is 164. The fraction of sp³-hybridized carbons (Fsp3) is 0.714. The zero-order valence-corrected chi connectivity index (χ0v) is 6.96. The molecule has 4 heteroatoms. The third kappa shape index (κ3) is 4.20. The van der Waals surface area contributed by atoms with Crippen LogP contribution in [-0.2, 0) is 0 Å².